The number of hydrogen-bond donors (Lipinski definition) is 3. The molecule has 0 spiro atoms. The average Bonchev–Trinajstić information content (AvgIpc) is 2.70. The molecule has 0 fully saturated rings. The zero-order valence-corrected chi connectivity index (χ0v) is 19.2. The molecule has 0 saturated carbocycles. The molecule has 6 nitrogen and oxygen atoms in total. The zero-order valence-electron chi connectivity index (χ0n) is 16.9. The first-order valence-corrected chi connectivity index (χ1v) is 9.78. The van der Waals surface area contributed by atoms with E-state index in [-0.39, 0.29) is 41.9 Å². The van der Waals surface area contributed by atoms with Crippen LogP contribution in [0.5, 0.6) is 5.75 Å². The van der Waals surface area contributed by atoms with Gasteiger partial charge in [0.1, 0.15) is 11.9 Å². The predicted octanol–water partition coefficient (Wildman–Crippen LogP) is 3.75. The number of hydrogen-bond acceptors (Lipinski definition) is 3. The molecule has 0 bridgehead atoms. The average molecular weight is 508 g/mol. The Bertz CT molecular complexity index is 813. The number of halogens is 1. The van der Waals surface area contributed by atoms with Crippen LogP contribution in [0.3, 0.4) is 0 Å². The van der Waals surface area contributed by atoms with E-state index in [0.29, 0.717) is 19.5 Å². The van der Waals surface area contributed by atoms with Gasteiger partial charge in [-0.2, -0.15) is 0 Å². The van der Waals surface area contributed by atoms with Gasteiger partial charge in [0.15, 0.2) is 5.96 Å². The molecule has 7 heteroatoms. The van der Waals surface area contributed by atoms with E-state index in [1.807, 2.05) is 62.4 Å². The minimum absolute atomic E-state index is 0. The highest BCUT2D eigenvalue weighted by Gasteiger charge is 2.24. The van der Waals surface area contributed by atoms with Gasteiger partial charge in [-0.3, -0.25) is 4.79 Å². The minimum atomic E-state index is -0.0426. The first-order valence-electron chi connectivity index (χ1n) is 9.78. The maximum Gasteiger partial charge on any atom is 0.225 e. The number of fused-ring (bicyclic) bond motifs is 1. The van der Waals surface area contributed by atoms with Crippen molar-refractivity contribution in [1.82, 2.24) is 10.6 Å². The number of benzene rings is 2. The third kappa shape index (κ3) is 6.92. The maximum atomic E-state index is 12.0. The summed E-state index contributed by atoms with van der Waals surface area (Å²) in [5.74, 6) is 1.74. The normalized spacial score (nSPS) is 16.7. The summed E-state index contributed by atoms with van der Waals surface area (Å²) >= 11 is 0. The Balaban J connectivity index is 0.00000300. The van der Waals surface area contributed by atoms with Crippen molar-refractivity contribution in [2.24, 2.45) is 4.99 Å². The van der Waals surface area contributed by atoms with Crippen molar-refractivity contribution in [1.29, 1.82) is 0 Å². The van der Waals surface area contributed by atoms with E-state index in [1.165, 1.54) is 0 Å². The second-order valence-corrected chi connectivity index (χ2v) is 6.88. The van der Waals surface area contributed by atoms with E-state index in [2.05, 4.69) is 27.0 Å². The van der Waals surface area contributed by atoms with Crippen LogP contribution in [-0.4, -0.2) is 37.6 Å². The van der Waals surface area contributed by atoms with Crippen molar-refractivity contribution in [2.45, 2.75) is 32.3 Å². The number of guanidine groups is 1. The van der Waals surface area contributed by atoms with Gasteiger partial charge in [0, 0.05) is 31.1 Å². The molecule has 2 aromatic rings. The Morgan fingerprint density at radius 1 is 1.17 bits per heavy atom. The third-order valence-electron chi connectivity index (χ3n) is 4.55. The Morgan fingerprint density at radius 3 is 2.66 bits per heavy atom. The van der Waals surface area contributed by atoms with Crippen molar-refractivity contribution in [3.63, 3.8) is 0 Å². The van der Waals surface area contributed by atoms with Crippen molar-refractivity contribution >= 4 is 41.5 Å². The van der Waals surface area contributed by atoms with Crippen LogP contribution < -0.4 is 20.7 Å². The van der Waals surface area contributed by atoms with Gasteiger partial charge in [-0.25, -0.2) is 4.99 Å². The first-order chi connectivity index (χ1) is 13.7. The zero-order chi connectivity index (χ0) is 19.8. The van der Waals surface area contributed by atoms with E-state index in [9.17, 15) is 4.79 Å². The molecule has 3 rings (SSSR count). The third-order valence-corrected chi connectivity index (χ3v) is 4.55. The van der Waals surface area contributed by atoms with Gasteiger partial charge in [0.25, 0.3) is 0 Å². The minimum Gasteiger partial charge on any atom is -0.489 e. The van der Waals surface area contributed by atoms with Crippen LogP contribution in [0.2, 0.25) is 0 Å². The lowest BCUT2D eigenvalue weighted by molar-refractivity contribution is -0.116. The Labute approximate surface area is 189 Å². The largest absolute Gasteiger partial charge is 0.489 e. The van der Waals surface area contributed by atoms with Crippen LogP contribution in [0.25, 0.3) is 0 Å². The van der Waals surface area contributed by atoms with Gasteiger partial charge in [-0.1, -0.05) is 36.4 Å². The summed E-state index contributed by atoms with van der Waals surface area (Å²) in [6, 6.07) is 17.7. The number of amides is 1. The molecule has 29 heavy (non-hydrogen) atoms. The van der Waals surface area contributed by atoms with Gasteiger partial charge in [0.2, 0.25) is 5.91 Å². The van der Waals surface area contributed by atoms with E-state index in [0.717, 1.165) is 29.5 Å². The molecule has 2 unspecified atom stereocenters. The molecule has 1 amide bonds. The molecule has 2 atom stereocenters. The SMILES string of the molecule is CCNC(=NCC(C)Oc1ccccc1)NCC1CC(=O)Nc2ccccc21.I. The van der Waals surface area contributed by atoms with E-state index in [4.69, 9.17) is 4.74 Å². The van der Waals surface area contributed by atoms with Gasteiger partial charge >= 0.3 is 0 Å². The molecule has 1 aliphatic rings. The van der Waals surface area contributed by atoms with Gasteiger partial charge in [-0.05, 0) is 37.6 Å². The number of anilines is 1. The molecular formula is C22H29IN4O2. The lowest BCUT2D eigenvalue weighted by Crippen LogP contribution is -2.41. The number of carbonyl (C=O) groups excluding carboxylic acids is 1. The monoisotopic (exact) mass is 508 g/mol. The number of nitrogens with zero attached hydrogens (tertiary/aromatic N) is 1. The van der Waals surface area contributed by atoms with Crippen molar-refractivity contribution < 1.29 is 9.53 Å². The summed E-state index contributed by atoms with van der Waals surface area (Å²) in [5.41, 5.74) is 2.06. The number of rotatable bonds is 7. The summed E-state index contributed by atoms with van der Waals surface area (Å²) in [6.07, 6.45) is 0.427. The maximum absolute atomic E-state index is 12.0. The van der Waals surface area contributed by atoms with E-state index < -0.39 is 0 Å². The second kappa shape index (κ2) is 11.6. The molecule has 1 aliphatic heterocycles. The number of aliphatic imine (C=N–C) groups is 1. The molecule has 2 aromatic carbocycles. The number of nitrogens with one attached hydrogen (secondary N) is 3. The summed E-state index contributed by atoms with van der Waals surface area (Å²) < 4.78 is 5.88. The Morgan fingerprint density at radius 2 is 1.90 bits per heavy atom. The summed E-state index contributed by atoms with van der Waals surface area (Å²) in [7, 11) is 0. The molecular weight excluding hydrogens is 479 g/mol. The smallest absolute Gasteiger partial charge is 0.225 e. The second-order valence-electron chi connectivity index (χ2n) is 6.88. The van der Waals surface area contributed by atoms with Crippen LogP contribution in [0.15, 0.2) is 59.6 Å². The van der Waals surface area contributed by atoms with E-state index >= 15 is 0 Å². The van der Waals surface area contributed by atoms with Gasteiger partial charge in [0.05, 0.1) is 6.54 Å². The molecule has 1 heterocycles. The fraction of sp³-hybridized carbons (Fsp3) is 0.364. The van der Waals surface area contributed by atoms with Crippen LogP contribution in [0.4, 0.5) is 5.69 Å². The summed E-state index contributed by atoms with van der Waals surface area (Å²) in [4.78, 5) is 16.6. The van der Waals surface area contributed by atoms with E-state index in [1.54, 1.807) is 0 Å². The Kier molecular flexibility index (Phi) is 9.24. The lowest BCUT2D eigenvalue weighted by atomic mass is 9.90. The standard InChI is InChI=1S/C22H28N4O2.HI/c1-3-23-22(24-14-16(2)28-18-9-5-4-6-10-18)25-15-17-13-21(27)26-20-12-8-7-11-19(17)20;/h4-12,16-17H,3,13-15H2,1-2H3,(H,26,27)(H2,23,24,25);1H. The van der Waals surface area contributed by atoms with Crippen molar-refractivity contribution in [3.05, 3.63) is 60.2 Å². The van der Waals surface area contributed by atoms with Crippen LogP contribution in [0, 0.1) is 0 Å². The van der Waals surface area contributed by atoms with Crippen LogP contribution in [0.1, 0.15) is 31.7 Å². The Hall–Kier alpha value is -2.29. The van der Waals surface area contributed by atoms with Crippen LogP contribution in [-0.2, 0) is 4.79 Å². The summed E-state index contributed by atoms with van der Waals surface area (Å²) in [5, 5.41) is 9.57. The van der Waals surface area contributed by atoms with Gasteiger partial charge < -0.3 is 20.7 Å². The molecule has 0 aromatic heterocycles. The predicted molar refractivity (Wildman–Crippen MR) is 128 cm³/mol. The number of carbonyl (C=O) groups is 1. The highest BCUT2D eigenvalue weighted by Crippen LogP contribution is 2.31. The number of ether oxygens (including phenoxy) is 1. The topological polar surface area (TPSA) is 74.8 Å². The van der Waals surface area contributed by atoms with Gasteiger partial charge in [-0.15, -0.1) is 24.0 Å². The highest BCUT2D eigenvalue weighted by atomic mass is 127. The quantitative estimate of drug-likeness (QED) is 0.303. The molecule has 156 valence electrons. The molecule has 0 saturated heterocycles. The van der Waals surface area contributed by atoms with Crippen molar-refractivity contribution in [2.75, 3.05) is 25.0 Å². The number of para-hydroxylation sites is 2. The fourth-order valence-electron chi connectivity index (χ4n) is 3.23. The van der Waals surface area contributed by atoms with Crippen molar-refractivity contribution in [3.8, 4) is 5.75 Å². The molecule has 0 radical (unpaired) electrons. The fourth-order valence-corrected chi connectivity index (χ4v) is 3.23. The molecule has 0 aliphatic carbocycles. The summed E-state index contributed by atoms with van der Waals surface area (Å²) in [6.45, 7) is 5.98. The van der Waals surface area contributed by atoms with Crippen LogP contribution >= 0.6 is 24.0 Å². The first kappa shape index (κ1) is 23.0. The molecule has 3 N–H and O–H groups in total. The highest BCUT2D eigenvalue weighted by molar-refractivity contribution is 14.0. The lowest BCUT2D eigenvalue weighted by Gasteiger charge is -2.26.